The monoisotopic (exact) mass is 337 g/mol. The molecule has 0 unspecified atom stereocenters. The van der Waals surface area contributed by atoms with Crippen LogP contribution in [0.3, 0.4) is 0 Å². The highest BCUT2D eigenvalue weighted by atomic mass is 32.2. The fourth-order valence-electron chi connectivity index (χ4n) is 3.50. The maximum absolute atomic E-state index is 12.3. The van der Waals surface area contributed by atoms with E-state index in [4.69, 9.17) is 0 Å². The second kappa shape index (κ2) is 6.99. The number of hydrogen-bond donors (Lipinski definition) is 1. The van der Waals surface area contributed by atoms with Gasteiger partial charge in [0.05, 0.1) is 17.1 Å². The van der Waals surface area contributed by atoms with E-state index in [1.54, 1.807) is 0 Å². The average Bonchev–Trinajstić information content (AvgIpc) is 3.20. The zero-order valence-electron chi connectivity index (χ0n) is 13.9. The summed E-state index contributed by atoms with van der Waals surface area (Å²) in [5, 5.41) is 0. The minimum atomic E-state index is -3.27. The van der Waals surface area contributed by atoms with E-state index in [2.05, 4.69) is 26.7 Å². The van der Waals surface area contributed by atoms with Gasteiger partial charge in [-0.2, -0.15) is 0 Å². The van der Waals surface area contributed by atoms with E-state index in [-0.39, 0.29) is 5.75 Å². The molecule has 0 bridgehead atoms. The topological polar surface area (TPSA) is 52.7 Å². The lowest BCUT2D eigenvalue weighted by molar-refractivity contribution is 0.600. The van der Waals surface area contributed by atoms with Crippen molar-refractivity contribution in [2.24, 2.45) is 0 Å². The summed E-state index contributed by atoms with van der Waals surface area (Å²) in [6, 6.07) is 6.24. The van der Waals surface area contributed by atoms with Gasteiger partial charge in [0.1, 0.15) is 0 Å². The molecule has 0 spiro atoms. The number of nitrogens with zero attached hydrogens (tertiary/aromatic N) is 2. The number of rotatable bonds is 6. The third-order valence-electron chi connectivity index (χ3n) is 4.64. The summed E-state index contributed by atoms with van der Waals surface area (Å²) in [6.07, 6.45) is 5.40. The molecule has 0 saturated carbocycles. The van der Waals surface area contributed by atoms with Crippen molar-refractivity contribution >= 4 is 27.1 Å². The Labute approximate surface area is 139 Å². The second-order valence-electron chi connectivity index (χ2n) is 6.51. The lowest BCUT2D eigenvalue weighted by atomic mass is 10.2. The van der Waals surface area contributed by atoms with Crippen molar-refractivity contribution in [3.63, 3.8) is 0 Å². The number of sulfonamides is 1. The van der Waals surface area contributed by atoms with Crippen LogP contribution in [0.25, 0.3) is 0 Å². The van der Waals surface area contributed by atoms with Crippen LogP contribution >= 0.6 is 0 Å². The Hall–Kier alpha value is -1.43. The third kappa shape index (κ3) is 3.91. The van der Waals surface area contributed by atoms with Crippen LogP contribution in [0.4, 0.5) is 17.1 Å². The predicted octanol–water partition coefficient (Wildman–Crippen LogP) is 3.04. The van der Waals surface area contributed by atoms with Crippen molar-refractivity contribution in [2.75, 3.05) is 46.5 Å². The molecule has 2 aliphatic heterocycles. The minimum Gasteiger partial charge on any atom is -0.371 e. The van der Waals surface area contributed by atoms with Crippen LogP contribution in [0, 0.1) is 0 Å². The third-order valence-corrected chi connectivity index (χ3v) is 6.11. The molecule has 6 heteroatoms. The van der Waals surface area contributed by atoms with Crippen molar-refractivity contribution in [2.45, 2.75) is 39.0 Å². The summed E-state index contributed by atoms with van der Waals surface area (Å²) in [4.78, 5) is 4.63. The zero-order chi connectivity index (χ0) is 16.3. The van der Waals surface area contributed by atoms with Crippen molar-refractivity contribution in [1.82, 2.24) is 0 Å². The van der Waals surface area contributed by atoms with Crippen LogP contribution in [0.15, 0.2) is 18.2 Å². The van der Waals surface area contributed by atoms with Crippen LogP contribution in [-0.4, -0.2) is 40.3 Å². The normalized spacial score (nSPS) is 18.7. The molecule has 1 N–H and O–H groups in total. The van der Waals surface area contributed by atoms with Gasteiger partial charge in [-0.15, -0.1) is 0 Å². The first kappa shape index (κ1) is 16.4. The summed E-state index contributed by atoms with van der Waals surface area (Å²) in [7, 11) is -3.27. The standard InChI is InChI=1S/C17H27N3O2S/c1-2-13-23(21,22)18-16-14-15(19-9-3-4-10-19)7-8-17(16)20-11-5-6-12-20/h7-8,14,18H,2-6,9-13H2,1H3. The van der Waals surface area contributed by atoms with E-state index in [9.17, 15) is 8.42 Å². The Kier molecular flexibility index (Phi) is 4.99. The van der Waals surface area contributed by atoms with Crippen LogP contribution in [0.5, 0.6) is 0 Å². The first-order valence-corrected chi connectivity index (χ1v) is 10.4. The summed E-state index contributed by atoms with van der Waals surface area (Å²) in [5.41, 5.74) is 2.88. The molecule has 0 aromatic heterocycles. The molecule has 2 aliphatic rings. The van der Waals surface area contributed by atoms with Crippen LogP contribution in [0.1, 0.15) is 39.0 Å². The van der Waals surface area contributed by atoms with Crippen molar-refractivity contribution in [3.05, 3.63) is 18.2 Å². The molecule has 2 fully saturated rings. The van der Waals surface area contributed by atoms with Gasteiger partial charge in [-0.05, 0) is 50.3 Å². The fourth-order valence-corrected chi connectivity index (χ4v) is 4.64. The molecule has 3 rings (SSSR count). The van der Waals surface area contributed by atoms with Gasteiger partial charge in [0.25, 0.3) is 0 Å². The quantitative estimate of drug-likeness (QED) is 0.867. The Morgan fingerprint density at radius 3 is 2.22 bits per heavy atom. The van der Waals surface area contributed by atoms with Gasteiger partial charge in [0, 0.05) is 31.9 Å². The lowest BCUT2D eigenvalue weighted by Crippen LogP contribution is -2.23. The molecule has 23 heavy (non-hydrogen) atoms. The zero-order valence-corrected chi connectivity index (χ0v) is 14.7. The molecule has 0 radical (unpaired) electrons. The van der Waals surface area contributed by atoms with Crippen LogP contribution < -0.4 is 14.5 Å². The molecular formula is C17H27N3O2S. The van der Waals surface area contributed by atoms with Gasteiger partial charge in [-0.3, -0.25) is 4.72 Å². The maximum Gasteiger partial charge on any atom is 0.232 e. The maximum atomic E-state index is 12.3. The van der Waals surface area contributed by atoms with Crippen LogP contribution in [-0.2, 0) is 10.0 Å². The highest BCUT2D eigenvalue weighted by Crippen LogP contribution is 2.34. The molecule has 0 atom stereocenters. The van der Waals surface area contributed by atoms with E-state index < -0.39 is 10.0 Å². The van der Waals surface area contributed by atoms with E-state index in [0.717, 1.165) is 43.2 Å². The van der Waals surface area contributed by atoms with Crippen LogP contribution in [0.2, 0.25) is 0 Å². The van der Waals surface area contributed by atoms with Crippen molar-refractivity contribution < 1.29 is 8.42 Å². The molecule has 1 aromatic rings. The number of benzene rings is 1. The molecule has 2 heterocycles. The van der Waals surface area contributed by atoms with E-state index in [1.807, 2.05) is 13.0 Å². The van der Waals surface area contributed by atoms with Gasteiger partial charge < -0.3 is 9.80 Å². The molecule has 128 valence electrons. The summed E-state index contributed by atoms with van der Waals surface area (Å²) in [5.74, 6) is 0.167. The molecule has 5 nitrogen and oxygen atoms in total. The summed E-state index contributed by atoms with van der Waals surface area (Å²) in [6.45, 7) is 6.02. The first-order valence-electron chi connectivity index (χ1n) is 8.73. The van der Waals surface area contributed by atoms with E-state index in [0.29, 0.717) is 6.42 Å². The Morgan fingerprint density at radius 2 is 1.61 bits per heavy atom. The largest absolute Gasteiger partial charge is 0.371 e. The molecular weight excluding hydrogens is 310 g/mol. The van der Waals surface area contributed by atoms with Crippen molar-refractivity contribution in [1.29, 1.82) is 0 Å². The lowest BCUT2D eigenvalue weighted by Gasteiger charge is -2.25. The smallest absolute Gasteiger partial charge is 0.232 e. The summed E-state index contributed by atoms with van der Waals surface area (Å²) < 4.78 is 27.3. The molecule has 1 aromatic carbocycles. The highest BCUT2D eigenvalue weighted by molar-refractivity contribution is 7.92. The highest BCUT2D eigenvalue weighted by Gasteiger charge is 2.21. The predicted molar refractivity (Wildman–Crippen MR) is 97.0 cm³/mol. The van der Waals surface area contributed by atoms with Gasteiger partial charge in [0.15, 0.2) is 0 Å². The van der Waals surface area contributed by atoms with Gasteiger partial charge >= 0.3 is 0 Å². The minimum absolute atomic E-state index is 0.167. The van der Waals surface area contributed by atoms with E-state index in [1.165, 1.54) is 25.7 Å². The van der Waals surface area contributed by atoms with Crippen molar-refractivity contribution in [3.8, 4) is 0 Å². The Balaban J connectivity index is 1.91. The fraction of sp³-hybridized carbons (Fsp3) is 0.647. The van der Waals surface area contributed by atoms with Gasteiger partial charge in [-0.1, -0.05) is 6.92 Å². The Bertz CT molecular complexity index is 633. The van der Waals surface area contributed by atoms with Gasteiger partial charge in [-0.25, -0.2) is 8.42 Å². The van der Waals surface area contributed by atoms with Gasteiger partial charge in [0.2, 0.25) is 10.0 Å². The molecule has 0 amide bonds. The second-order valence-corrected chi connectivity index (χ2v) is 8.35. The number of hydrogen-bond acceptors (Lipinski definition) is 4. The van der Waals surface area contributed by atoms with E-state index >= 15 is 0 Å². The number of nitrogens with one attached hydrogen (secondary N) is 1. The number of anilines is 3. The average molecular weight is 337 g/mol. The SMILES string of the molecule is CCCS(=O)(=O)Nc1cc(N2CCCC2)ccc1N1CCCC1. The molecule has 2 saturated heterocycles. The molecule has 0 aliphatic carbocycles. The first-order chi connectivity index (χ1) is 11.1. The Morgan fingerprint density at radius 1 is 1.00 bits per heavy atom. The summed E-state index contributed by atoms with van der Waals surface area (Å²) >= 11 is 0.